The fourth-order valence-electron chi connectivity index (χ4n) is 2.13. The Morgan fingerprint density at radius 1 is 1.30 bits per heavy atom. The molecule has 4 heteroatoms. The molecule has 1 atom stereocenters. The van der Waals surface area contributed by atoms with Crippen LogP contribution < -0.4 is 5.32 Å². The highest BCUT2D eigenvalue weighted by molar-refractivity contribution is 5.76. The van der Waals surface area contributed by atoms with Gasteiger partial charge in [0.1, 0.15) is 0 Å². The smallest absolute Gasteiger partial charge is 0.220 e. The highest BCUT2D eigenvalue weighted by atomic mass is 16.1. The van der Waals surface area contributed by atoms with E-state index in [0.29, 0.717) is 18.9 Å². The number of rotatable bonds is 7. The molecule has 1 heterocycles. The summed E-state index contributed by atoms with van der Waals surface area (Å²) in [4.78, 5) is 11.8. The summed E-state index contributed by atoms with van der Waals surface area (Å²) in [5, 5.41) is 9.58. The van der Waals surface area contributed by atoms with Gasteiger partial charge in [0.25, 0.3) is 0 Å². The third kappa shape index (κ3) is 4.88. The lowest BCUT2D eigenvalue weighted by atomic mass is 9.98. The maximum absolute atomic E-state index is 11.8. The fourth-order valence-corrected chi connectivity index (χ4v) is 2.13. The molecule has 0 spiro atoms. The Labute approximate surface area is 119 Å². The number of carbonyl (C=O) groups is 1. The first-order chi connectivity index (χ1) is 9.74. The summed E-state index contributed by atoms with van der Waals surface area (Å²) in [7, 11) is 0. The van der Waals surface area contributed by atoms with Gasteiger partial charge in [-0.05, 0) is 30.4 Å². The fraction of sp³-hybridized carbons (Fsp3) is 0.375. The van der Waals surface area contributed by atoms with E-state index in [1.807, 2.05) is 12.1 Å². The van der Waals surface area contributed by atoms with E-state index in [2.05, 4.69) is 46.7 Å². The van der Waals surface area contributed by atoms with Crippen molar-refractivity contribution < 1.29 is 4.79 Å². The number of H-pyrrole nitrogens is 1. The SMILES string of the molecule is C[C@H](CCc1ccccc1)CC(=O)NCc1ccn[nH]1. The molecule has 0 bridgehead atoms. The van der Waals surface area contributed by atoms with Crippen molar-refractivity contribution in [1.82, 2.24) is 15.5 Å². The molecular formula is C16H21N3O. The lowest BCUT2D eigenvalue weighted by molar-refractivity contribution is -0.122. The van der Waals surface area contributed by atoms with Gasteiger partial charge < -0.3 is 5.32 Å². The minimum Gasteiger partial charge on any atom is -0.350 e. The van der Waals surface area contributed by atoms with Crippen LogP contribution in [-0.4, -0.2) is 16.1 Å². The number of hydrogen-bond donors (Lipinski definition) is 2. The molecule has 1 aromatic heterocycles. The first-order valence-corrected chi connectivity index (χ1v) is 7.03. The Kier molecular flexibility index (Phi) is 5.35. The van der Waals surface area contributed by atoms with Crippen LogP contribution >= 0.6 is 0 Å². The van der Waals surface area contributed by atoms with Crippen molar-refractivity contribution in [2.75, 3.05) is 0 Å². The van der Waals surface area contributed by atoms with Crippen molar-refractivity contribution in [3.8, 4) is 0 Å². The Morgan fingerprint density at radius 3 is 2.80 bits per heavy atom. The molecule has 2 N–H and O–H groups in total. The molecular weight excluding hydrogens is 250 g/mol. The van der Waals surface area contributed by atoms with E-state index in [0.717, 1.165) is 18.5 Å². The molecule has 0 aliphatic carbocycles. The third-order valence-electron chi connectivity index (χ3n) is 3.34. The molecule has 1 amide bonds. The summed E-state index contributed by atoms with van der Waals surface area (Å²) in [6.45, 7) is 2.64. The second-order valence-corrected chi connectivity index (χ2v) is 5.19. The minimum absolute atomic E-state index is 0.0974. The summed E-state index contributed by atoms with van der Waals surface area (Å²) in [6, 6.07) is 12.2. The monoisotopic (exact) mass is 271 g/mol. The summed E-state index contributed by atoms with van der Waals surface area (Å²) >= 11 is 0. The molecule has 0 saturated heterocycles. The highest BCUT2D eigenvalue weighted by Gasteiger charge is 2.09. The van der Waals surface area contributed by atoms with Crippen LogP contribution in [0.3, 0.4) is 0 Å². The maximum Gasteiger partial charge on any atom is 0.220 e. The minimum atomic E-state index is 0.0974. The van der Waals surface area contributed by atoms with E-state index in [-0.39, 0.29) is 5.91 Å². The van der Waals surface area contributed by atoms with E-state index in [9.17, 15) is 4.79 Å². The quantitative estimate of drug-likeness (QED) is 0.813. The third-order valence-corrected chi connectivity index (χ3v) is 3.34. The normalized spacial score (nSPS) is 12.1. The predicted octanol–water partition coefficient (Wildman–Crippen LogP) is 2.68. The van der Waals surface area contributed by atoms with Gasteiger partial charge in [-0.15, -0.1) is 0 Å². The molecule has 0 aliphatic heterocycles. The summed E-state index contributed by atoms with van der Waals surface area (Å²) < 4.78 is 0. The molecule has 2 aromatic rings. The number of aromatic nitrogens is 2. The van der Waals surface area contributed by atoms with Crippen LogP contribution in [0.5, 0.6) is 0 Å². The van der Waals surface area contributed by atoms with Gasteiger partial charge in [0, 0.05) is 12.6 Å². The van der Waals surface area contributed by atoms with E-state index < -0.39 is 0 Å². The Balaban J connectivity index is 1.66. The van der Waals surface area contributed by atoms with E-state index in [1.54, 1.807) is 6.20 Å². The molecule has 2 rings (SSSR count). The number of benzene rings is 1. The Morgan fingerprint density at radius 2 is 2.10 bits per heavy atom. The van der Waals surface area contributed by atoms with Crippen LogP contribution in [0.15, 0.2) is 42.6 Å². The van der Waals surface area contributed by atoms with E-state index in [1.165, 1.54) is 5.56 Å². The zero-order valence-corrected chi connectivity index (χ0v) is 11.8. The van der Waals surface area contributed by atoms with Gasteiger partial charge in [0.05, 0.1) is 12.2 Å². The van der Waals surface area contributed by atoms with Gasteiger partial charge in [-0.3, -0.25) is 9.89 Å². The van der Waals surface area contributed by atoms with Crippen LogP contribution in [0.1, 0.15) is 31.0 Å². The predicted molar refractivity (Wildman–Crippen MR) is 79.0 cm³/mol. The number of amides is 1. The van der Waals surface area contributed by atoms with Crippen LogP contribution in [0, 0.1) is 5.92 Å². The summed E-state index contributed by atoms with van der Waals surface area (Å²) in [6.07, 6.45) is 4.31. The Bertz CT molecular complexity index is 508. The number of nitrogens with zero attached hydrogens (tertiary/aromatic N) is 1. The lowest BCUT2D eigenvalue weighted by Gasteiger charge is -2.11. The Hall–Kier alpha value is -2.10. The molecule has 0 fully saturated rings. The van der Waals surface area contributed by atoms with Gasteiger partial charge in [0.15, 0.2) is 0 Å². The first kappa shape index (κ1) is 14.3. The van der Waals surface area contributed by atoms with Gasteiger partial charge in [-0.2, -0.15) is 5.10 Å². The number of nitrogens with one attached hydrogen (secondary N) is 2. The number of aromatic amines is 1. The summed E-state index contributed by atoms with van der Waals surface area (Å²) in [5.74, 6) is 0.483. The lowest BCUT2D eigenvalue weighted by Crippen LogP contribution is -2.24. The summed E-state index contributed by atoms with van der Waals surface area (Å²) in [5.41, 5.74) is 2.26. The second-order valence-electron chi connectivity index (χ2n) is 5.19. The van der Waals surface area contributed by atoms with Gasteiger partial charge >= 0.3 is 0 Å². The van der Waals surface area contributed by atoms with Crippen molar-refractivity contribution in [3.63, 3.8) is 0 Å². The van der Waals surface area contributed by atoms with Crippen molar-refractivity contribution >= 4 is 5.91 Å². The molecule has 106 valence electrons. The molecule has 0 saturated carbocycles. The van der Waals surface area contributed by atoms with E-state index >= 15 is 0 Å². The molecule has 0 radical (unpaired) electrons. The van der Waals surface area contributed by atoms with Crippen molar-refractivity contribution in [2.45, 2.75) is 32.7 Å². The number of aryl methyl sites for hydroxylation is 1. The van der Waals surface area contributed by atoms with Crippen LogP contribution in [0.2, 0.25) is 0 Å². The zero-order chi connectivity index (χ0) is 14.2. The molecule has 4 nitrogen and oxygen atoms in total. The molecule has 1 aromatic carbocycles. The van der Waals surface area contributed by atoms with E-state index in [4.69, 9.17) is 0 Å². The van der Waals surface area contributed by atoms with Crippen LogP contribution in [-0.2, 0) is 17.8 Å². The molecule has 20 heavy (non-hydrogen) atoms. The van der Waals surface area contributed by atoms with Gasteiger partial charge in [-0.1, -0.05) is 37.3 Å². The van der Waals surface area contributed by atoms with Crippen molar-refractivity contribution in [2.24, 2.45) is 5.92 Å². The average molecular weight is 271 g/mol. The molecule has 0 unspecified atom stereocenters. The van der Waals surface area contributed by atoms with Crippen LogP contribution in [0.4, 0.5) is 0 Å². The number of hydrogen-bond acceptors (Lipinski definition) is 2. The van der Waals surface area contributed by atoms with Gasteiger partial charge in [0.2, 0.25) is 5.91 Å². The van der Waals surface area contributed by atoms with Crippen LogP contribution in [0.25, 0.3) is 0 Å². The first-order valence-electron chi connectivity index (χ1n) is 7.03. The molecule has 0 aliphatic rings. The number of carbonyl (C=O) groups excluding carboxylic acids is 1. The van der Waals surface area contributed by atoms with Crippen molar-refractivity contribution in [1.29, 1.82) is 0 Å². The topological polar surface area (TPSA) is 57.8 Å². The largest absolute Gasteiger partial charge is 0.350 e. The standard InChI is InChI=1S/C16H21N3O/c1-13(7-8-14-5-3-2-4-6-14)11-16(20)17-12-15-9-10-18-19-15/h2-6,9-10,13H,7-8,11-12H2,1H3,(H,17,20)(H,18,19)/t13-/m1/s1. The average Bonchev–Trinajstić information content (AvgIpc) is 2.97. The van der Waals surface area contributed by atoms with Crippen molar-refractivity contribution in [3.05, 3.63) is 53.9 Å². The maximum atomic E-state index is 11.8. The zero-order valence-electron chi connectivity index (χ0n) is 11.8. The highest BCUT2D eigenvalue weighted by Crippen LogP contribution is 2.12. The second kappa shape index (κ2) is 7.48. The van der Waals surface area contributed by atoms with Gasteiger partial charge in [-0.25, -0.2) is 0 Å².